The summed E-state index contributed by atoms with van der Waals surface area (Å²) in [6.07, 6.45) is 9.97. The number of hydrogen-bond acceptors (Lipinski definition) is 1. The Bertz CT molecular complexity index is 259. The number of hydrogen-bond donors (Lipinski definition) is 0. The second-order valence-electron chi connectivity index (χ2n) is 6.03. The van der Waals surface area contributed by atoms with Crippen LogP contribution in [0.1, 0.15) is 73.1 Å². The SMILES string of the molecule is CCC[CH2][Sn]([CH2]CCC)([CH2]CCC)/[C](C)=C\C(C)=O. The van der Waals surface area contributed by atoms with E-state index < -0.39 is 18.4 Å². The van der Waals surface area contributed by atoms with Crippen LogP contribution < -0.4 is 0 Å². The Kier molecular flexibility index (Phi) is 11.1. The molecule has 0 fully saturated rings. The maximum absolute atomic E-state index is 11.5. The molecule has 0 saturated heterocycles. The van der Waals surface area contributed by atoms with E-state index in [1.165, 1.54) is 55.4 Å². The topological polar surface area (TPSA) is 17.1 Å². The van der Waals surface area contributed by atoms with Gasteiger partial charge in [0.05, 0.1) is 0 Å². The summed E-state index contributed by atoms with van der Waals surface area (Å²) in [6.45, 7) is 10.9. The molecule has 19 heavy (non-hydrogen) atoms. The van der Waals surface area contributed by atoms with Crippen molar-refractivity contribution in [3.05, 3.63) is 9.67 Å². The molecular weight excluding hydrogens is 339 g/mol. The number of carbonyl (C=O) groups excluding carboxylic acids is 1. The fourth-order valence-electron chi connectivity index (χ4n) is 2.97. The third-order valence-corrected chi connectivity index (χ3v) is 20.7. The summed E-state index contributed by atoms with van der Waals surface area (Å²) >= 11 is -2.24. The van der Waals surface area contributed by atoms with Gasteiger partial charge < -0.3 is 0 Å². The molecule has 0 aliphatic carbocycles. The Morgan fingerprint density at radius 1 is 0.842 bits per heavy atom. The van der Waals surface area contributed by atoms with Gasteiger partial charge in [-0.25, -0.2) is 0 Å². The predicted octanol–water partition coefficient (Wildman–Crippen LogP) is 5.91. The average Bonchev–Trinajstić information content (AvgIpc) is 2.37. The zero-order chi connectivity index (χ0) is 14.7. The Morgan fingerprint density at radius 2 is 1.21 bits per heavy atom. The fraction of sp³-hybridized carbons (Fsp3) is 0.824. The zero-order valence-corrected chi connectivity index (χ0v) is 16.7. The summed E-state index contributed by atoms with van der Waals surface area (Å²) < 4.78 is 5.92. The first-order valence-electron chi connectivity index (χ1n) is 8.21. The summed E-state index contributed by atoms with van der Waals surface area (Å²) in [4.78, 5) is 11.5. The third kappa shape index (κ3) is 7.53. The maximum atomic E-state index is 11.5. The van der Waals surface area contributed by atoms with Crippen molar-refractivity contribution in [2.24, 2.45) is 0 Å². The molecule has 0 radical (unpaired) electrons. The Labute approximate surface area is 125 Å². The van der Waals surface area contributed by atoms with Gasteiger partial charge in [0.2, 0.25) is 0 Å². The summed E-state index contributed by atoms with van der Waals surface area (Å²) in [7, 11) is 0. The van der Waals surface area contributed by atoms with E-state index in [0.29, 0.717) is 0 Å². The van der Waals surface area contributed by atoms with E-state index in [0.717, 1.165) is 0 Å². The van der Waals surface area contributed by atoms with Crippen molar-refractivity contribution in [3.63, 3.8) is 0 Å². The average molecular weight is 373 g/mol. The van der Waals surface area contributed by atoms with Crippen molar-refractivity contribution < 1.29 is 4.79 Å². The minimum atomic E-state index is -2.24. The zero-order valence-electron chi connectivity index (χ0n) is 13.8. The number of allylic oxidation sites excluding steroid dienone is 2. The summed E-state index contributed by atoms with van der Waals surface area (Å²) in [5.41, 5.74) is 0. The molecular formula is C17H34OSn. The van der Waals surface area contributed by atoms with Crippen LogP contribution in [0.4, 0.5) is 0 Å². The van der Waals surface area contributed by atoms with Gasteiger partial charge in [-0.1, -0.05) is 0 Å². The van der Waals surface area contributed by atoms with E-state index in [1.54, 1.807) is 6.92 Å². The van der Waals surface area contributed by atoms with Crippen LogP contribution in [0.25, 0.3) is 0 Å². The first-order valence-corrected chi connectivity index (χ1v) is 15.7. The van der Waals surface area contributed by atoms with Crippen LogP contribution in [0, 0.1) is 0 Å². The van der Waals surface area contributed by atoms with E-state index in [9.17, 15) is 4.79 Å². The van der Waals surface area contributed by atoms with Gasteiger partial charge in [-0.05, 0) is 0 Å². The molecule has 0 spiro atoms. The molecule has 0 N–H and O–H groups in total. The number of carbonyl (C=O) groups is 1. The van der Waals surface area contributed by atoms with E-state index in [-0.39, 0.29) is 5.78 Å². The molecule has 0 aliphatic heterocycles. The summed E-state index contributed by atoms with van der Waals surface area (Å²) in [5, 5.41) is 0. The van der Waals surface area contributed by atoms with Crippen molar-refractivity contribution >= 4 is 24.2 Å². The Morgan fingerprint density at radius 3 is 1.47 bits per heavy atom. The second kappa shape index (κ2) is 10.9. The van der Waals surface area contributed by atoms with E-state index in [1.807, 2.05) is 6.08 Å². The van der Waals surface area contributed by atoms with Crippen molar-refractivity contribution in [1.29, 1.82) is 0 Å². The molecule has 0 bridgehead atoms. The van der Waals surface area contributed by atoms with Crippen LogP contribution in [0.3, 0.4) is 0 Å². The third-order valence-electron chi connectivity index (χ3n) is 4.28. The van der Waals surface area contributed by atoms with Crippen LogP contribution in [0.2, 0.25) is 13.3 Å². The molecule has 0 heterocycles. The van der Waals surface area contributed by atoms with Crippen molar-refractivity contribution in [3.8, 4) is 0 Å². The molecule has 1 nitrogen and oxygen atoms in total. The Balaban J connectivity index is 5.12. The van der Waals surface area contributed by atoms with Crippen LogP contribution in [0.5, 0.6) is 0 Å². The summed E-state index contributed by atoms with van der Waals surface area (Å²) in [6, 6.07) is 0. The van der Waals surface area contributed by atoms with Crippen LogP contribution in [-0.4, -0.2) is 24.2 Å². The van der Waals surface area contributed by atoms with E-state index >= 15 is 0 Å². The van der Waals surface area contributed by atoms with Gasteiger partial charge >= 0.3 is 125 Å². The van der Waals surface area contributed by atoms with E-state index in [2.05, 4.69) is 27.7 Å². The molecule has 0 saturated carbocycles. The molecule has 0 aromatic heterocycles. The fourth-order valence-corrected chi connectivity index (χ4v) is 18.8. The predicted molar refractivity (Wildman–Crippen MR) is 89.3 cm³/mol. The molecule has 2 heteroatoms. The van der Waals surface area contributed by atoms with Gasteiger partial charge in [0.1, 0.15) is 0 Å². The summed E-state index contributed by atoms with van der Waals surface area (Å²) in [5.74, 6) is 0.253. The van der Waals surface area contributed by atoms with Gasteiger partial charge in [0, 0.05) is 0 Å². The minimum absolute atomic E-state index is 0.253. The van der Waals surface area contributed by atoms with Gasteiger partial charge in [-0.3, -0.25) is 0 Å². The van der Waals surface area contributed by atoms with Crippen LogP contribution >= 0.6 is 0 Å². The second-order valence-corrected chi connectivity index (χ2v) is 19.9. The number of unbranched alkanes of at least 4 members (excludes halogenated alkanes) is 3. The number of ketones is 1. The van der Waals surface area contributed by atoms with Crippen LogP contribution in [-0.2, 0) is 4.79 Å². The Hall–Kier alpha value is 0.209. The van der Waals surface area contributed by atoms with E-state index in [4.69, 9.17) is 0 Å². The normalized spacial score (nSPS) is 12.8. The molecule has 0 atom stereocenters. The van der Waals surface area contributed by atoms with Crippen molar-refractivity contribution in [2.75, 3.05) is 0 Å². The molecule has 0 aliphatic rings. The van der Waals surface area contributed by atoms with Crippen molar-refractivity contribution in [1.82, 2.24) is 0 Å². The van der Waals surface area contributed by atoms with Gasteiger partial charge in [0.15, 0.2) is 0 Å². The monoisotopic (exact) mass is 374 g/mol. The quantitative estimate of drug-likeness (QED) is 0.325. The molecule has 0 aromatic rings. The van der Waals surface area contributed by atoms with Crippen LogP contribution in [0.15, 0.2) is 9.67 Å². The molecule has 0 rings (SSSR count). The first-order chi connectivity index (χ1) is 9.02. The van der Waals surface area contributed by atoms with Gasteiger partial charge in [-0.15, -0.1) is 0 Å². The van der Waals surface area contributed by atoms with Gasteiger partial charge in [0.25, 0.3) is 0 Å². The standard InChI is InChI=1S/C5H7O.3C4H9.Sn/c1-3-4-5(2)6;3*1-3-4-2;/h4H,1-2H3;3*1,3-4H2,2H3;. The molecule has 0 aromatic carbocycles. The molecule has 112 valence electrons. The molecule has 0 amide bonds. The number of rotatable bonds is 11. The van der Waals surface area contributed by atoms with Gasteiger partial charge in [-0.2, -0.15) is 0 Å². The van der Waals surface area contributed by atoms with Crippen molar-refractivity contribution in [2.45, 2.75) is 86.5 Å². The molecule has 0 unspecified atom stereocenters. The first kappa shape index (κ1) is 19.2.